The van der Waals surface area contributed by atoms with Gasteiger partial charge in [-0.2, -0.15) is 0 Å². The van der Waals surface area contributed by atoms with E-state index in [1.807, 2.05) is 0 Å². The van der Waals surface area contributed by atoms with Gasteiger partial charge < -0.3 is 0 Å². The van der Waals surface area contributed by atoms with E-state index < -0.39 is 0 Å². The first-order valence-electron chi connectivity index (χ1n) is 10.5. The van der Waals surface area contributed by atoms with E-state index in [4.69, 9.17) is 0 Å². The zero-order valence-electron chi connectivity index (χ0n) is 12.6. The van der Waals surface area contributed by atoms with Crippen molar-refractivity contribution in [3.63, 3.8) is 0 Å². The quantitative estimate of drug-likeness (QED) is 0.635. The van der Waals surface area contributed by atoms with Gasteiger partial charge in [-0.25, -0.2) is 0 Å². The van der Waals surface area contributed by atoms with Crippen LogP contribution in [0.15, 0.2) is 0 Å². The van der Waals surface area contributed by atoms with Gasteiger partial charge in [0.05, 0.1) is 0 Å². The van der Waals surface area contributed by atoms with Crippen LogP contribution in [-0.4, -0.2) is 0 Å². The lowest BCUT2D eigenvalue weighted by Crippen LogP contribution is -2.90. The van der Waals surface area contributed by atoms with E-state index in [0.29, 0.717) is 0 Å². The Balaban J connectivity index is 1.19. The van der Waals surface area contributed by atoms with Crippen molar-refractivity contribution in [3.8, 4) is 0 Å². The van der Waals surface area contributed by atoms with Gasteiger partial charge >= 0.3 is 0 Å². The van der Waals surface area contributed by atoms with E-state index >= 15 is 0 Å². The molecule has 10 rings (SSSR count). The molecule has 14 atom stereocenters. The summed E-state index contributed by atoms with van der Waals surface area (Å²) in [5, 5.41) is 0. The molecule has 10 fully saturated rings. The van der Waals surface area contributed by atoms with Crippen molar-refractivity contribution in [2.45, 2.75) is 25.7 Å². The SMILES string of the molecule is C1CC2C1C1C2C2C1C1C3C4C5CCC5C5C4C34C5C2C14. The Morgan fingerprint density at radius 1 is 0.381 bits per heavy atom. The molecular weight excluding hydrogens is 252 g/mol. The predicted octanol–water partition coefficient (Wildman–Crippen LogP) is 3.53. The maximum atomic E-state index is 1.66. The average molecular weight is 276 g/mol. The van der Waals surface area contributed by atoms with Crippen molar-refractivity contribution >= 4 is 0 Å². The summed E-state index contributed by atoms with van der Waals surface area (Å²) in [6.45, 7) is 0. The largest absolute Gasteiger partial charge is 0.0496 e. The maximum absolute atomic E-state index is 1.66. The summed E-state index contributed by atoms with van der Waals surface area (Å²) in [5.74, 6) is 20.9. The van der Waals surface area contributed by atoms with Gasteiger partial charge in [-0.3, -0.25) is 0 Å². The van der Waals surface area contributed by atoms with Crippen LogP contribution in [0.2, 0.25) is 0 Å². The number of hydrogen-bond acceptors (Lipinski definition) is 0. The third-order valence-corrected chi connectivity index (χ3v) is 13.0. The normalized spacial score (nSPS) is 96.0. The smallest absolute Gasteiger partial charge is 0.0162 e. The van der Waals surface area contributed by atoms with Gasteiger partial charge in [0.15, 0.2) is 0 Å². The van der Waals surface area contributed by atoms with Crippen molar-refractivity contribution in [2.75, 3.05) is 0 Å². The third-order valence-electron chi connectivity index (χ3n) is 13.0. The zero-order valence-corrected chi connectivity index (χ0v) is 12.6. The molecule has 10 saturated carbocycles. The Morgan fingerprint density at radius 3 is 1.24 bits per heavy atom. The van der Waals surface area contributed by atoms with Crippen LogP contribution in [-0.2, 0) is 0 Å². The molecule has 0 aromatic carbocycles. The van der Waals surface area contributed by atoms with Crippen LogP contribution >= 0.6 is 0 Å². The molecule has 0 aromatic rings. The molecule has 10 aliphatic rings. The fourth-order valence-corrected chi connectivity index (χ4v) is 13.4. The minimum absolute atomic E-state index is 1.07. The van der Waals surface area contributed by atoms with Crippen molar-refractivity contribution < 1.29 is 0 Å². The fraction of sp³-hybridized carbons (Fsp3) is 1.00. The highest BCUT2D eigenvalue weighted by Crippen LogP contribution is 3.05. The third kappa shape index (κ3) is 0.499. The van der Waals surface area contributed by atoms with Crippen molar-refractivity contribution in [1.82, 2.24) is 0 Å². The van der Waals surface area contributed by atoms with Crippen LogP contribution in [0.3, 0.4) is 0 Å². The van der Waals surface area contributed by atoms with Gasteiger partial charge in [0, 0.05) is 0 Å². The predicted molar refractivity (Wildman–Crippen MR) is 76.7 cm³/mol. The zero-order chi connectivity index (χ0) is 12.6. The van der Waals surface area contributed by atoms with E-state index in [1.54, 1.807) is 25.7 Å². The number of hydrogen-bond donors (Lipinski definition) is 0. The molecular formula is C21H24. The Kier molecular flexibility index (Phi) is 0.954. The molecule has 108 valence electrons. The van der Waals surface area contributed by atoms with Crippen LogP contribution in [0.4, 0.5) is 0 Å². The van der Waals surface area contributed by atoms with Gasteiger partial charge in [-0.1, -0.05) is 0 Å². The molecule has 10 aliphatic carbocycles. The lowest BCUT2D eigenvalue weighted by atomic mass is 9.11. The van der Waals surface area contributed by atoms with E-state index in [2.05, 4.69) is 0 Å². The van der Waals surface area contributed by atoms with E-state index in [-0.39, 0.29) is 0 Å². The minimum atomic E-state index is 1.07. The Morgan fingerprint density at radius 2 is 0.762 bits per heavy atom. The Labute approximate surface area is 126 Å². The van der Waals surface area contributed by atoms with Crippen LogP contribution in [0.1, 0.15) is 25.7 Å². The first-order chi connectivity index (χ1) is 10.5. The fourth-order valence-electron chi connectivity index (χ4n) is 13.4. The van der Waals surface area contributed by atoms with Crippen LogP contribution < -0.4 is 0 Å². The Bertz CT molecular complexity index is 626. The monoisotopic (exact) mass is 276 g/mol. The van der Waals surface area contributed by atoms with Crippen molar-refractivity contribution in [3.05, 3.63) is 0 Å². The molecule has 0 saturated heterocycles. The molecule has 0 aliphatic heterocycles. The molecule has 21 heavy (non-hydrogen) atoms. The minimum Gasteiger partial charge on any atom is -0.0496 e. The summed E-state index contributed by atoms with van der Waals surface area (Å²) in [5.41, 5.74) is 1.07. The molecule has 0 radical (unpaired) electrons. The topological polar surface area (TPSA) is 0 Å². The first kappa shape index (κ1) is 9.33. The summed E-state index contributed by atoms with van der Waals surface area (Å²) >= 11 is 0. The number of fused-ring (bicyclic) bond motifs is 16. The van der Waals surface area contributed by atoms with E-state index in [0.717, 1.165) is 5.41 Å². The molecule has 0 aromatic heterocycles. The molecule has 14 unspecified atom stereocenters. The van der Waals surface area contributed by atoms with Gasteiger partial charge in [-0.05, 0) is 126 Å². The van der Waals surface area contributed by atoms with E-state index in [9.17, 15) is 0 Å². The first-order valence-corrected chi connectivity index (χ1v) is 10.5. The summed E-state index contributed by atoms with van der Waals surface area (Å²) in [6.07, 6.45) is 6.62. The lowest BCUT2D eigenvalue weighted by Gasteiger charge is -2.93. The second kappa shape index (κ2) is 2.15. The molecule has 1 spiro atoms. The van der Waals surface area contributed by atoms with Gasteiger partial charge in [0.25, 0.3) is 0 Å². The molecule has 0 amide bonds. The molecule has 0 heterocycles. The molecule has 0 nitrogen and oxygen atoms in total. The van der Waals surface area contributed by atoms with Crippen LogP contribution in [0.25, 0.3) is 0 Å². The second-order valence-electron chi connectivity index (χ2n) is 11.5. The lowest BCUT2D eigenvalue weighted by molar-refractivity contribution is -0.467. The average Bonchev–Trinajstić information content (AvgIpc) is 2.61. The summed E-state index contributed by atoms with van der Waals surface area (Å²) in [7, 11) is 0. The van der Waals surface area contributed by atoms with Gasteiger partial charge in [-0.15, -0.1) is 0 Å². The van der Waals surface area contributed by atoms with Crippen LogP contribution in [0.5, 0.6) is 0 Å². The summed E-state index contributed by atoms with van der Waals surface area (Å²) < 4.78 is 0. The van der Waals surface area contributed by atoms with Crippen molar-refractivity contribution in [2.24, 2.45) is 100 Å². The standard InChI is InChI=1S/C21H24/c1-2-6-5(1)9-10(6)14-13(9)15-18-11-7-3-4-8(7)12-17(11)21(18)19(12)16(14)20(15)21/h5-20H,1-4H2. The Hall–Kier alpha value is 0. The summed E-state index contributed by atoms with van der Waals surface area (Å²) in [4.78, 5) is 0. The molecule has 0 heteroatoms. The highest BCUT2D eigenvalue weighted by Gasteiger charge is 3.02. The van der Waals surface area contributed by atoms with Crippen molar-refractivity contribution in [1.29, 1.82) is 0 Å². The molecule has 0 bridgehead atoms. The highest BCUT2D eigenvalue weighted by atomic mass is 15.1. The maximum Gasteiger partial charge on any atom is -0.0162 e. The van der Waals surface area contributed by atoms with Crippen LogP contribution in [0, 0.1) is 100 Å². The van der Waals surface area contributed by atoms with Gasteiger partial charge in [0.2, 0.25) is 0 Å². The van der Waals surface area contributed by atoms with E-state index in [1.165, 1.54) is 94.7 Å². The highest BCUT2D eigenvalue weighted by molar-refractivity contribution is 5.48. The summed E-state index contributed by atoms with van der Waals surface area (Å²) in [6, 6.07) is 0. The van der Waals surface area contributed by atoms with Gasteiger partial charge in [0.1, 0.15) is 0 Å². The number of rotatable bonds is 0. The second-order valence-corrected chi connectivity index (χ2v) is 11.5. The molecule has 0 N–H and O–H groups in total.